The number of amides is 1. The van der Waals surface area contributed by atoms with E-state index < -0.39 is 0 Å². The summed E-state index contributed by atoms with van der Waals surface area (Å²) in [6, 6.07) is 12.6. The Morgan fingerprint density at radius 1 is 1.20 bits per heavy atom. The number of hydrogen-bond acceptors (Lipinski definition) is 4. The number of anilines is 2. The van der Waals surface area contributed by atoms with Crippen molar-refractivity contribution in [2.45, 2.75) is 32.2 Å². The van der Waals surface area contributed by atoms with Gasteiger partial charge in [-0.25, -0.2) is 0 Å². The van der Waals surface area contributed by atoms with Gasteiger partial charge in [0.1, 0.15) is 0 Å². The van der Waals surface area contributed by atoms with Gasteiger partial charge in [0, 0.05) is 35.4 Å². The van der Waals surface area contributed by atoms with Gasteiger partial charge in [0.2, 0.25) is 5.91 Å². The number of carbonyl (C=O) groups excluding carboxylic acids is 1. The van der Waals surface area contributed by atoms with E-state index in [2.05, 4.69) is 45.6 Å². The molecule has 3 rings (SSSR count). The zero-order valence-electron chi connectivity index (χ0n) is 15.1. The molecule has 25 heavy (non-hydrogen) atoms. The van der Waals surface area contributed by atoms with Crippen LogP contribution < -0.4 is 10.2 Å². The summed E-state index contributed by atoms with van der Waals surface area (Å²) in [7, 11) is 1.99. The molecule has 1 aliphatic heterocycles. The van der Waals surface area contributed by atoms with Crippen LogP contribution in [0.2, 0.25) is 0 Å². The molecule has 0 aliphatic carbocycles. The normalized spacial score (nSPS) is 16.0. The molecule has 0 bridgehead atoms. The van der Waals surface area contributed by atoms with Crippen LogP contribution in [0.25, 0.3) is 0 Å². The summed E-state index contributed by atoms with van der Waals surface area (Å²) in [5.74, 6) is 0.0247. The lowest BCUT2D eigenvalue weighted by Crippen LogP contribution is -2.32. The molecule has 4 nitrogen and oxygen atoms in total. The Hall–Kier alpha value is -1.85. The minimum Gasteiger partial charge on any atom is -0.372 e. The first kappa shape index (κ1) is 18.0. The third-order valence-electron chi connectivity index (χ3n) is 4.88. The smallest absolute Gasteiger partial charge is 0.238 e. The quantitative estimate of drug-likeness (QED) is 0.834. The maximum absolute atomic E-state index is 12.3. The highest BCUT2D eigenvalue weighted by atomic mass is 32.1. The van der Waals surface area contributed by atoms with Gasteiger partial charge >= 0.3 is 0 Å². The summed E-state index contributed by atoms with van der Waals surface area (Å²) >= 11 is 1.73. The largest absolute Gasteiger partial charge is 0.372 e. The number of thiophene rings is 1. The third kappa shape index (κ3) is 4.83. The van der Waals surface area contributed by atoms with E-state index in [9.17, 15) is 4.79 Å². The maximum Gasteiger partial charge on any atom is 0.238 e. The molecule has 1 aromatic heterocycles. The molecular formula is C20H27N3OS. The minimum absolute atomic E-state index is 0.0247. The number of hydrogen-bond donors (Lipinski definition) is 1. The van der Waals surface area contributed by atoms with Crippen molar-refractivity contribution < 1.29 is 4.79 Å². The lowest BCUT2D eigenvalue weighted by Gasteiger charge is -2.29. The summed E-state index contributed by atoms with van der Waals surface area (Å²) in [4.78, 5) is 18.1. The Morgan fingerprint density at radius 2 is 1.92 bits per heavy atom. The van der Waals surface area contributed by atoms with Crippen LogP contribution in [0.15, 0.2) is 41.8 Å². The van der Waals surface area contributed by atoms with Gasteiger partial charge in [0.25, 0.3) is 0 Å². The molecule has 0 spiro atoms. The summed E-state index contributed by atoms with van der Waals surface area (Å²) in [6.45, 7) is 4.79. The Kier molecular flexibility index (Phi) is 6.10. The molecule has 2 heterocycles. The molecule has 1 N–H and O–H groups in total. The van der Waals surface area contributed by atoms with E-state index >= 15 is 0 Å². The standard InChI is InChI=1S/C20H27N3OS/c1-16(19-7-6-14-25-19)22(2)15-20(24)21-17-8-10-18(11-9-17)23-12-4-3-5-13-23/h6-11,14,16H,3-5,12-13,15H2,1-2H3,(H,21,24). The fourth-order valence-electron chi connectivity index (χ4n) is 3.22. The Morgan fingerprint density at radius 3 is 2.56 bits per heavy atom. The number of piperidine rings is 1. The van der Waals surface area contributed by atoms with Crippen molar-refractivity contribution in [3.63, 3.8) is 0 Å². The van der Waals surface area contributed by atoms with Crippen molar-refractivity contribution in [3.8, 4) is 0 Å². The molecule has 1 fully saturated rings. The number of likely N-dealkylation sites (N-methyl/N-ethyl adjacent to an activating group) is 1. The molecule has 1 amide bonds. The molecule has 1 atom stereocenters. The summed E-state index contributed by atoms with van der Waals surface area (Å²) in [6.07, 6.45) is 3.88. The van der Waals surface area contributed by atoms with Crippen molar-refractivity contribution in [1.82, 2.24) is 4.90 Å². The van der Waals surface area contributed by atoms with Gasteiger partial charge in [-0.1, -0.05) is 6.07 Å². The van der Waals surface area contributed by atoms with Gasteiger partial charge in [-0.15, -0.1) is 11.3 Å². The predicted octanol–water partition coefficient (Wildman–Crippen LogP) is 4.37. The Bertz CT molecular complexity index is 663. The van der Waals surface area contributed by atoms with Gasteiger partial charge in [-0.2, -0.15) is 0 Å². The van der Waals surface area contributed by atoms with E-state index in [1.54, 1.807) is 11.3 Å². The average molecular weight is 358 g/mol. The minimum atomic E-state index is 0.0247. The highest BCUT2D eigenvalue weighted by Crippen LogP contribution is 2.24. The molecule has 1 aromatic carbocycles. The van der Waals surface area contributed by atoms with Crippen LogP contribution >= 0.6 is 11.3 Å². The lowest BCUT2D eigenvalue weighted by atomic mass is 10.1. The van der Waals surface area contributed by atoms with Gasteiger partial charge in [-0.05, 0) is 68.9 Å². The molecule has 0 radical (unpaired) electrons. The second-order valence-corrected chi connectivity index (χ2v) is 7.73. The first-order chi connectivity index (χ1) is 12.1. The summed E-state index contributed by atoms with van der Waals surface area (Å²) < 4.78 is 0. The fourth-order valence-corrected chi connectivity index (χ4v) is 4.07. The zero-order chi connectivity index (χ0) is 17.6. The second-order valence-electron chi connectivity index (χ2n) is 6.75. The SMILES string of the molecule is CC(c1cccs1)N(C)CC(=O)Nc1ccc(N2CCCCC2)cc1. The number of benzene rings is 1. The van der Waals surface area contributed by atoms with Crippen molar-refractivity contribution in [1.29, 1.82) is 0 Å². The first-order valence-electron chi connectivity index (χ1n) is 9.02. The summed E-state index contributed by atoms with van der Waals surface area (Å²) in [5.41, 5.74) is 2.11. The fraction of sp³-hybridized carbons (Fsp3) is 0.450. The molecule has 1 unspecified atom stereocenters. The third-order valence-corrected chi connectivity index (χ3v) is 5.92. The highest BCUT2D eigenvalue weighted by molar-refractivity contribution is 7.10. The number of nitrogens with zero attached hydrogens (tertiary/aromatic N) is 2. The average Bonchev–Trinajstić information content (AvgIpc) is 3.17. The van der Waals surface area contributed by atoms with E-state index in [1.165, 1.54) is 29.8 Å². The van der Waals surface area contributed by atoms with Crippen molar-refractivity contribution in [3.05, 3.63) is 46.7 Å². The Balaban J connectivity index is 1.52. The van der Waals surface area contributed by atoms with Gasteiger partial charge < -0.3 is 10.2 Å². The summed E-state index contributed by atoms with van der Waals surface area (Å²) in [5, 5.41) is 5.08. The van der Waals surface area contributed by atoms with Crippen molar-refractivity contribution in [2.75, 3.05) is 36.9 Å². The number of nitrogens with one attached hydrogen (secondary N) is 1. The van der Waals surface area contributed by atoms with Crippen LogP contribution in [-0.2, 0) is 4.79 Å². The van der Waals surface area contributed by atoms with Crippen LogP contribution in [0.4, 0.5) is 11.4 Å². The lowest BCUT2D eigenvalue weighted by molar-refractivity contribution is -0.117. The van der Waals surface area contributed by atoms with E-state index in [0.29, 0.717) is 6.54 Å². The molecule has 1 aliphatic rings. The predicted molar refractivity (Wildman–Crippen MR) is 106 cm³/mol. The number of carbonyl (C=O) groups is 1. The molecule has 2 aromatic rings. The highest BCUT2D eigenvalue weighted by Gasteiger charge is 2.16. The molecular weight excluding hydrogens is 330 g/mol. The number of rotatable bonds is 6. The van der Waals surface area contributed by atoms with E-state index in [4.69, 9.17) is 0 Å². The molecule has 5 heteroatoms. The van der Waals surface area contributed by atoms with Gasteiger partial charge in [-0.3, -0.25) is 9.69 Å². The van der Waals surface area contributed by atoms with Crippen LogP contribution in [-0.4, -0.2) is 37.5 Å². The van der Waals surface area contributed by atoms with Crippen molar-refractivity contribution >= 4 is 28.6 Å². The van der Waals surface area contributed by atoms with E-state index in [-0.39, 0.29) is 11.9 Å². The second kappa shape index (κ2) is 8.50. The first-order valence-corrected chi connectivity index (χ1v) is 9.90. The van der Waals surface area contributed by atoms with Crippen LogP contribution in [0.3, 0.4) is 0 Å². The Labute approximate surface area is 154 Å². The molecule has 0 saturated carbocycles. The van der Waals surface area contributed by atoms with E-state index in [1.807, 2.05) is 25.2 Å². The molecule has 134 valence electrons. The monoisotopic (exact) mass is 357 g/mol. The van der Waals surface area contributed by atoms with Gasteiger partial charge in [0.05, 0.1) is 6.54 Å². The van der Waals surface area contributed by atoms with E-state index in [0.717, 1.165) is 18.8 Å². The van der Waals surface area contributed by atoms with Crippen LogP contribution in [0.1, 0.15) is 37.1 Å². The van der Waals surface area contributed by atoms with Crippen LogP contribution in [0, 0.1) is 0 Å². The molecule has 1 saturated heterocycles. The van der Waals surface area contributed by atoms with Gasteiger partial charge in [0.15, 0.2) is 0 Å². The zero-order valence-corrected chi connectivity index (χ0v) is 15.9. The topological polar surface area (TPSA) is 35.6 Å². The van der Waals surface area contributed by atoms with Crippen LogP contribution in [0.5, 0.6) is 0 Å². The maximum atomic E-state index is 12.3. The van der Waals surface area contributed by atoms with Crippen molar-refractivity contribution in [2.24, 2.45) is 0 Å².